The van der Waals surface area contributed by atoms with Gasteiger partial charge in [-0.3, -0.25) is 4.79 Å². The number of hydrogen-bond acceptors (Lipinski definition) is 3. The molecule has 164 valence electrons. The predicted octanol–water partition coefficient (Wildman–Crippen LogP) is 6.12. The second-order valence-corrected chi connectivity index (χ2v) is 14.0. The molecule has 0 saturated heterocycles. The van der Waals surface area contributed by atoms with Gasteiger partial charge in [-0.1, -0.05) is 69.3 Å². The molecule has 2 aromatic rings. The highest BCUT2D eigenvalue weighted by molar-refractivity contribution is 6.74. The van der Waals surface area contributed by atoms with E-state index in [1.54, 1.807) is 7.05 Å². The zero-order chi connectivity index (χ0) is 23.1. The van der Waals surface area contributed by atoms with E-state index in [1.807, 2.05) is 30.3 Å². The van der Waals surface area contributed by atoms with E-state index in [1.165, 1.54) is 4.90 Å². The van der Waals surface area contributed by atoms with E-state index in [0.29, 0.717) is 19.8 Å². The lowest BCUT2D eigenvalue weighted by molar-refractivity contribution is 0.0846. The Balaban J connectivity index is 1.79. The Morgan fingerprint density at radius 1 is 0.968 bits per heavy atom. The van der Waals surface area contributed by atoms with E-state index < -0.39 is 14.1 Å². The van der Waals surface area contributed by atoms with Crippen LogP contribution in [0.4, 0.5) is 10.5 Å². The van der Waals surface area contributed by atoms with Gasteiger partial charge in [-0.25, -0.2) is 0 Å². The molecule has 0 bridgehead atoms. The molecule has 31 heavy (non-hydrogen) atoms. The summed E-state index contributed by atoms with van der Waals surface area (Å²) in [6.45, 7) is 13.1. The molecule has 0 saturated carbocycles. The molecule has 0 unspecified atom stereocenters. The lowest BCUT2D eigenvalue weighted by Gasteiger charge is -2.36. The molecular weight excluding hydrogens is 401 g/mol. The van der Waals surface area contributed by atoms with Crippen molar-refractivity contribution in [3.8, 4) is 0 Å². The fraction of sp³-hybridized carbons (Fsp3) is 0.400. The van der Waals surface area contributed by atoms with Crippen LogP contribution in [-0.4, -0.2) is 42.2 Å². The minimum atomic E-state index is -1.70. The molecule has 0 aliphatic carbocycles. The van der Waals surface area contributed by atoms with Crippen LogP contribution >= 0.6 is 0 Å². The summed E-state index contributed by atoms with van der Waals surface area (Å²) in [4.78, 5) is 12.6. The fourth-order valence-corrected chi connectivity index (χ4v) is 3.64. The highest BCUT2D eigenvalue weighted by atomic mass is 28.4. The molecule has 0 spiro atoms. The largest absolute Gasteiger partial charge is 0.414 e. The minimum Gasteiger partial charge on any atom is -0.414 e. The van der Waals surface area contributed by atoms with Crippen LogP contribution in [0.3, 0.4) is 0 Å². The molecule has 0 fully saturated rings. The molecule has 2 radical (unpaired) electrons. The summed E-state index contributed by atoms with van der Waals surface area (Å²) < 4.78 is 11.9. The number of benzene rings is 2. The molecular formula is C25H34BNO3Si. The molecule has 0 N–H and O–H groups in total. The molecule has 0 atom stereocenters. The Hall–Kier alpha value is -2.15. The van der Waals surface area contributed by atoms with E-state index in [2.05, 4.69) is 64.2 Å². The van der Waals surface area contributed by atoms with Crippen molar-refractivity contribution in [3.63, 3.8) is 0 Å². The standard InChI is InChI=1S/C25H34BNO3Si/c1-25(2,3)31(5,6)30-18-17-29-19-22-11-9-20(10-12-22)7-8-21-13-15-23(16-14-21)27(4)24(26)28/h7-16H,17-19H2,1-6H3/b8-7+. The number of hydrogen-bond donors (Lipinski definition) is 0. The maximum Gasteiger partial charge on any atom is 0.201 e. The average Bonchev–Trinajstić information content (AvgIpc) is 2.71. The Kier molecular flexibility index (Phi) is 8.86. The van der Waals surface area contributed by atoms with E-state index in [0.717, 1.165) is 22.4 Å². The van der Waals surface area contributed by atoms with Crippen molar-refractivity contribution < 1.29 is 14.0 Å². The van der Waals surface area contributed by atoms with Crippen LogP contribution in [0.15, 0.2) is 48.5 Å². The van der Waals surface area contributed by atoms with Crippen LogP contribution in [0, 0.1) is 0 Å². The lowest BCUT2D eigenvalue weighted by Crippen LogP contribution is -2.41. The summed E-state index contributed by atoms with van der Waals surface area (Å²) in [6.07, 6.45) is 4.10. The van der Waals surface area contributed by atoms with Gasteiger partial charge in [0.1, 0.15) is 0 Å². The van der Waals surface area contributed by atoms with E-state index in [4.69, 9.17) is 17.0 Å². The topological polar surface area (TPSA) is 38.8 Å². The van der Waals surface area contributed by atoms with Gasteiger partial charge in [0.05, 0.1) is 19.8 Å². The van der Waals surface area contributed by atoms with Crippen molar-refractivity contribution in [1.29, 1.82) is 0 Å². The number of carbonyl (C=O) groups is 1. The summed E-state index contributed by atoms with van der Waals surface area (Å²) >= 11 is 0. The molecule has 1 amide bonds. The Morgan fingerprint density at radius 2 is 1.48 bits per heavy atom. The monoisotopic (exact) mass is 435 g/mol. The first kappa shape index (κ1) is 25.1. The highest BCUT2D eigenvalue weighted by Gasteiger charge is 2.36. The van der Waals surface area contributed by atoms with Crippen molar-refractivity contribution in [1.82, 2.24) is 0 Å². The molecule has 0 aliphatic rings. The molecule has 0 aromatic heterocycles. The lowest BCUT2D eigenvalue weighted by atomic mass is 10.1. The number of amides is 1. The van der Waals surface area contributed by atoms with Gasteiger partial charge in [0.15, 0.2) is 14.1 Å². The van der Waals surface area contributed by atoms with Crippen molar-refractivity contribution >= 4 is 39.8 Å². The first-order valence-electron chi connectivity index (χ1n) is 10.6. The first-order chi connectivity index (χ1) is 14.5. The predicted molar refractivity (Wildman–Crippen MR) is 134 cm³/mol. The van der Waals surface area contributed by atoms with Crippen molar-refractivity contribution in [2.75, 3.05) is 25.2 Å². The third-order valence-corrected chi connectivity index (χ3v) is 10.4. The van der Waals surface area contributed by atoms with Gasteiger partial charge >= 0.3 is 0 Å². The molecule has 4 nitrogen and oxygen atoms in total. The maximum atomic E-state index is 11.2. The minimum absolute atomic E-state index is 0.220. The number of anilines is 1. The van der Waals surface area contributed by atoms with Crippen molar-refractivity contribution in [2.24, 2.45) is 0 Å². The molecule has 6 heteroatoms. The summed E-state index contributed by atoms with van der Waals surface area (Å²) in [5.41, 5.74) is 4.08. The van der Waals surface area contributed by atoms with Crippen molar-refractivity contribution in [2.45, 2.75) is 45.5 Å². The number of ether oxygens (including phenoxy) is 1. The maximum absolute atomic E-state index is 11.2. The Bertz CT molecular complexity index is 871. The van der Waals surface area contributed by atoms with Gasteiger partial charge in [-0.15, -0.1) is 0 Å². The third-order valence-electron chi connectivity index (χ3n) is 5.82. The van der Waals surface area contributed by atoms with Crippen LogP contribution in [0.1, 0.15) is 37.5 Å². The van der Waals surface area contributed by atoms with Crippen LogP contribution in [-0.2, 0) is 15.8 Å². The van der Waals surface area contributed by atoms with Gasteiger partial charge < -0.3 is 14.1 Å². The number of carbonyl (C=O) groups excluding carboxylic acids is 1. The van der Waals surface area contributed by atoms with Gasteiger partial charge in [0.2, 0.25) is 7.85 Å². The smallest absolute Gasteiger partial charge is 0.201 e. The molecule has 2 aromatic carbocycles. The molecule has 0 heterocycles. The first-order valence-corrected chi connectivity index (χ1v) is 13.5. The van der Waals surface area contributed by atoms with Crippen LogP contribution in [0.25, 0.3) is 12.2 Å². The van der Waals surface area contributed by atoms with Crippen LogP contribution < -0.4 is 4.90 Å². The zero-order valence-electron chi connectivity index (χ0n) is 19.6. The van der Waals surface area contributed by atoms with Crippen LogP contribution in [0.2, 0.25) is 18.1 Å². The number of rotatable bonds is 9. The second-order valence-electron chi connectivity index (χ2n) is 9.23. The SMILES string of the molecule is [B]C(=O)N(C)c1ccc(/C=C/c2ccc(COCCO[Si](C)(C)C(C)(C)C)cc2)cc1. The summed E-state index contributed by atoms with van der Waals surface area (Å²) in [7, 11) is 5.24. The Labute approximate surface area is 189 Å². The van der Waals surface area contributed by atoms with Gasteiger partial charge in [-0.05, 0) is 47.0 Å². The van der Waals surface area contributed by atoms with Gasteiger partial charge in [0.25, 0.3) is 0 Å². The van der Waals surface area contributed by atoms with Gasteiger partial charge in [-0.2, -0.15) is 0 Å². The van der Waals surface area contributed by atoms with Gasteiger partial charge in [0, 0.05) is 12.7 Å². The fourth-order valence-electron chi connectivity index (χ4n) is 2.62. The average molecular weight is 435 g/mol. The van der Waals surface area contributed by atoms with Crippen LogP contribution in [0.5, 0.6) is 0 Å². The zero-order valence-corrected chi connectivity index (χ0v) is 20.6. The van der Waals surface area contributed by atoms with E-state index >= 15 is 0 Å². The second kappa shape index (κ2) is 10.9. The summed E-state index contributed by atoms with van der Waals surface area (Å²) in [5.74, 6) is -0.476. The number of nitrogens with zero attached hydrogens (tertiary/aromatic N) is 1. The van der Waals surface area contributed by atoms with E-state index in [-0.39, 0.29) is 5.04 Å². The quantitative estimate of drug-likeness (QED) is 0.271. The summed E-state index contributed by atoms with van der Waals surface area (Å²) in [6, 6.07) is 16.0. The van der Waals surface area contributed by atoms with E-state index in [9.17, 15) is 4.79 Å². The molecule has 0 aliphatic heterocycles. The molecule has 2 rings (SSSR count). The Morgan fingerprint density at radius 3 is 1.97 bits per heavy atom. The summed E-state index contributed by atoms with van der Waals surface area (Å²) in [5, 5.41) is 0.220. The third kappa shape index (κ3) is 7.80. The van der Waals surface area contributed by atoms with Crippen molar-refractivity contribution in [3.05, 3.63) is 65.2 Å². The highest BCUT2D eigenvalue weighted by Crippen LogP contribution is 2.36. The normalized spacial score (nSPS) is 12.3.